The molecule has 0 unspecified atom stereocenters. The van der Waals surface area contributed by atoms with E-state index >= 15 is 0 Å². The number of nitriles is 1. The van der Waals surface area contributed by atoms with Gasteiger partial charge in [0.15, 0.2) is 0 Å². The van der Waals surface area contributed by atoms with Crippen molar-refractivity contribution in [2.45, 2.75) is 36.1 Å². The van der Waals surface area contributed by atoms with Crippen molar-refractivity contribution >= 4 is 15.7 Å². The second-order valence-electron chi connectivity index (χ2n) is 6.69. The van der Waals surface area contributed by atoms with Gasteiger partial charge in [-0.1, -0.05) is 5.11 Å². The third-order valence-corrected chi connectivity index (χ3v) is 7.66. The molecule has 0 radical (unpaired) electrons. The standard InChI is InChI=1S/C15H12F3N5O3S/c16-15(17,18)10-3-8(2-1-7(10)5-19)23-6-9-13-11(21-22-20)4-12(26-13)14(9)27(23,24)25/h1-3,9,11-14H,4,6H2/t9-,11+,12+,13+,14-/m1/s1. The lowest BCUT2D eigenvalue weighted by Crippen LogP contribution is -2.39. The Morgan fingerprint density at radius 2 is 2.15 bits per heavy atom. The zero-order chi connectivity index (χ0) is 19.6. The first-order chi connectivity index (χ1) is 12.7. The molecule has 0 aromatic heterocycles. The number of alkyl halides is 3. The minimum Gasteiger partial charge on any atom is -0.373 e. The summed E-state index contributed by atoms with van der Waals surface area (Å²) < 4.78 is 72.1. The molecule has 2 bridgehead atoms. The molecule has 0 N–H and O–H groups in total. The van der Waals surface area contributed by atoms with Gasteiger partial charge in [-0.3, -0.25) is 4.31 Å². The van der Waals surface area contributed by atoms with Crippen LogP contribution in [0.15, 0.2) is 23.3 Å². The minimum absolute atomic E-state index is 0.0607. The van der Waals surface area contributed by atoms with Crippen LogP contribution in [0.5, 0.6) is 0 Å². The van der Waals surface area contributed by atoms with Crippen LogP contribution in [0.3, 0.4) is 0 Å². The summed E-state index contributed by atoms with van der Waals surface area (Å²) in [5, 5.41) is 11.7. The number of sulfonamides is 1. The predicted octanol–water partition coefficient (Wildman–Crippen LogP) is 2.56. The van der Waals surface area contributed by atoms with Crippen LogP contribution in [-0.4, -0.2) is 38.5 Å². The topological polar surface area (TPSA) is 119 Å². The van der Waals surface area contributed by atoms with Gasteiger partial charge in [0.05, 0.1) is 41.1 Å². The van der Waals surface area contributed by atoms with E-state index in [0.717, 1.165) is 10.4 Å². The van der Waals surface area contributed by atoms with Crippen LogP contribution in [0.1, 0.15) is 17.5 Å². The van der Waals surface area contributed by atoms with E-state index in [-0.39, 0.29) is 18.7 Å². The summed E-state index contributed by atoms with van der Waals surface area (Å²) >= 11 is 0. The van der Waals surface area contributed by atoms with Crippen LogP contribution in [0, 0.1) is 17.2 Å². The van der Waals surface area contributed by atoms with Crippen LogP contribution in [0.25, 0.3) is 10.4 Å². The summed E-state index contributed by atoms with van der Waals surface area (Å²) in [6.07, 6.45) is -5.73. The second kappa shape index (κ2) is 5.76. The lowest BCUT2D eigenvalue weighted by atomic mass is 9.85. The van der Waals surface area contributed by atoms with Gasteiger partial charge in [0.1, 0.15) is 5.25 Å². The van der Waals surface area contributed by atoms with E-state index in [1.807, 2.05) is 0 Å². The van der Waals surface area contributed by atoms with Crippen molar-refractivity contribution in [1.29, 1.82) is 5.26 Å². The molecule has 12 heteroatoms. The lowest BCUT2D eigenvalue weighted by Gasteiger charge is -2.22. The number of rotatable bonds is 2. The van der Waals surface area contributed by atoms with Crippen molar-refractivity contribution < 1.29 is 26.3 Å². The number of benzene rings is 1. The molecule has 0 amide bonds. The quantitative estimate of drug-likeness (QED) is 0.431. The fourth-order valence-electron chi connectivity index (χ4n) is 4.29. The Bertz CT molecular complexity index is 999. The zero-order valence-corrected chi connectivity index (χ0v) is 14.4. The highest BCUT2D eigenvalue weighted by Gasteiger charge is 2.64. The van der Waals surface area contributed by atoms with Gasteiger partial charge >= 0.3 is 6.18 Å². The normalized spacial score (nSPS) is 33.4. The van der Waals surface area contributed by atoms with Crippen molar-refractivity contribution in [2.24, 2.45) is 11.0 Å². The molecule has 0 aliphatic carbocycles. The molecular formula is C15H12F3N5O3S. The van der Waals surface area contributed by atoms with Crippen LogP contribution >= 0.6 is 0 Å². The summed E-state index contributed by atoms with van der Waals surface area (Å²) in [6.45, 7) is -0.0607. The van der Waals surface area contributed by atoms with Crippen molar-refractivity contribution in [1.82, 2.24) is 0 Å². The maximum Gasteiger partial charge on any atom is 0.417 e. The van der Waals surface area contributed by atoms with Crippen LogP contribution in [0.4, 0.5) is 18.9 Å². The Hall–Kier alpha value is -2.48. The van der Waals surface area contributed by atoms with E-state index in [2.05, 4.69) is 10.0 Å². The molecule has 4 rings (SSSR count). The molecule has 27 heavy (non-hydrogen) atoms. The molecule has 1 aromatic rings. The maximum atomic E-state index is 13.2. The molecule has 142 valence electrons. The number of azide groups is 1. The van der Waals surface area contributed by atoms with Gasteiger partial charge in [-0.15, -0.1) is 0 Å². The lowest BCUT2D eigenvalue weighted by molar-refractivity contribution is -0.137. The van der Waals surface area contributed by atoms with Crippen LogP contribution in [-0.2, 0) is 20.9 Å². The molecule has 1 aromatic carbocycles. The first kappa shape index (κ1) is 17.9. The smallest absolute Gasteiger partial charge is 0.373 e. The number of anilines is 1. The van der Waals surface area contributed by atoms with Crippen molar-refractivity contribution in [3.05, 3.63) is 39.8 Å². The predicted molar refractivity (Wildman–Crippen MR) is 85.9 cm³/mol. The molecule has 0 saturated carbocycles. The summed E-state index contributed by atoms with van der Waals surface area (Å²) in [6, 6.07) is 3.83. The van der Waals surface area contributed by atoms with Gasteiger partial charge in [0.2, 0.25) is 10.0 Å². The number of halogens is 3. The Morgan fingerprint density at radius 3 is 2.78 bits per heavy atom. The average Bonchev–Trinajstić information content (AvgIpc) is 3.24. The largest absolute Gasteiger partial charge is 0.417 e. The molecule has 5 atom stereocenters. The van der Waals surface area contributed by atoms with Crippen LogP contribution < -0.4 is 4.31 Å². The highest BCUT2D eigenvalue weighted by atomic mass is 32.2. The third-order valence-electron chi connectivity index (χ3n) is 5.34. The fraction of sp³-hybridized carbons (Fsp3) is 0.533. The first-order valence-corrected chi connectivity index (χ1v) is 9.51. The molecule has 3 fully saturated rings. The molecule has 3 aliphatic rings. The van der Waals surface area contributed by atoms with Crippen molar-refractivity contribution in [3.63, 3.8) is 0 Å². The number of fused-ring (bicyclic) bond motifs is 5. The molecule has 3 heterocycles. The van der Waals surface area contributed by atoms with Gasteiger partial charge < -0.3 is 4.74 Å². The van der Waals surface area contributed by atoms with E-state index in [9.17, 15) is 21.6 Å². The van der Waals surface area contributed by atoms with Gasteiger partial charge in [-0.2, -0.15) is 18.4 Å². The highest BCUT2D eigenvalue weighted by molar-refractivity contribution is 7.93. The molecule has 0 spiro atoms. The Kier molecular flexibility index (Phi) is 3.82. The van der Waals surface area contributed by atoms with E-state index in [0.29, 0.717) is 6.07 Å². The Balaban J connectivity index is 1.73. The number of hydrogen-bond acceptors (Lipinski definition) is 5. The summed E-state index contributed by atoms with van der Waals surface area (Å²) in [7, 11) is -3.95. The molecule has 3 saturated heterocycles. The maximum absolute atomic E-state index is 13.2. The van der Waals surface area contributed by atoms with Crippen molar-refractivity contribution in [3.8, 4) is 6.07 Å². The third kappa shape index (κ3) is 2.54. The monoisotopic (exact) mass is 399 g/mol. The molecule has 8 nitrogen and oxygen atoms in total. The van der Waals surface area contributed by atoms with E-state index < -0.39 is 56.7 Å². The van der Waals surface area contributed by atoms with Gasteiger partial charge in [0.25, 0.3) is 0 Å². The minimum atomic E-state index is -4.78. The fourth-order valence-corrected chi connectivity index (χ4v) is 6.62. The molecule has 3 aliphatic heterocycles. The first-order valence-electron chi connectivity index (χ1n) is 8.01. The zero-order valence-electron chi connectivity index (χ0n) is 13.5. The number of nitrogens with zero attached hydrogens (tertiary/aromatic N) is 5. The second-order valence-corrected chi connectivity index (χ2v) is 8.71. The SMILES string of the molecule is N#Cc1ccc(N2C[C@@H]3[C@@H]4O[C@@H](C[C@@H]4N=[N+]=[N-])[C@@H]3S2(=O)=O)cc1C(F)(F)F. The van der Waals surface area contributed by atoms with E-state index in [4.69, 9.17) is 15.5 Å². The Morgan fingerprint density at radius 1 is 1.41 bits per heavy atom. The average molecular weight is 399 g/mol. The summed E-state index contributed by atoms with van der Waals surface area (Å²) in [5.41, 5.74) is 6.73. The van der Waals surface area contributed by atoms with Crippen LogP contribution in [0.2, 0.25) is 0 Å². The highest BCUT2D eigenvalue weighted by Crippen LogP contribution is 2.50. The van der Waals surface area contributed by atoms with Gasteiger partial charge in [-0.05, 0) is 30.2 Å². The molecular weight excluding hydrogens is 387 g/mol. The van der Waals surface area contributed by atoms with E-state index in [1.54, 1.807) is 0 Å². The van der Waals surface area contributed by atoms with Gasteiger partial charge in [0, 0.05) is 17.4 Å². The van der Waals surface area contributed by atoms with Crippen molar-refractivity contribution in [2.75, 3.05) is 10.8 Å². The van der Waals surface area contributed by atoms with Gasteiger partial charge in [-0.25, -0.2) is 8.42 Å². The Labute approximate surface area is 151 Å². The number of hydrogen-bond donors (Lipinski definition) is 0. The van der Waals surface area contributed by atoms with E-state index in [1.165, 1.54) is 12.1 Å². The number of ether oxygens (including phenoxy) is 1. The summed E-state index contributed by atoms with van der Waals surface area (Å²) in [5.74, 6) is -0.491. The summed E-state index contributed by atoms with van der Waals surface area (Å²) in [4.78, 5) is 2.75.